The Bertz CT molecular complexity index is 208. The second-order valence-electron chi connectivity index (χ2n) is 2.21. The molecule has 0 radical (unpaired) electrons. The minimum absolute atomic E-state index is 0.0111. The van der Waals surface area contributed by atoms with Crippen LogP contribution in [0.1, 0.15) is 18.4 Å². The van der Waals surface area contributed by atoms with Crippen molar-refractivity contribution in [1.29, 1.82) is 0 Å². The Balaban J connectivity index is 2.84. The van der Waals surface area contributed by atoms with Crippen LogP contribution in [0.5, 0.6) is 0 Å². The third-order valence-electron chi connectivity index (χ3n) is 1.44. The molecule has 0 aliphatic heterocycles. The Morgan fingerprint density at radius 2 is 2.10 bits per heavy atom. The summed E-state index contributed by atoms with van der Waals surface area (Å²) < 4.78 is 0. The van der Waals surface area contributed by atoms with Crippen LogP contribution in [0, 0.1) is 0 Å². The van der Waals surface area contributed by atoms with Gasteiger partial charge in [0.15, 0.2) is 0 Å². The van der Waals surface area contributed by atoms with Crippen LogP contribution >= 0.6 is 0 Å². The minimum atomic E-state index is -0.0111. The van der Waals surface area contributed by atoms with E-state index in [2.05, 4.69) is 4.98 Å². The van der Waals surface area contributed by atoms with Crippen LogP contribution in [0.15, 0.2) is 24.5 Å². The Morgan fingerprint density at radius 1 is 1.50 bits per heavy atom. The monoisotopic (exact) mass is 135 g/mol. The van der Waals surface area contributed by atoms with E-state index in [4.69, 9.17) is 0 Å². The fourth-order valence-electron chi connectivity index (χ4n) is 0.746. The van der Waals surface area contributed by atoms with Gasteiger partial charge in [0.1, 0.15) is 6.29 Å². The molecule has 0 fully saturated rings. The molecule has 0 saturated heterocycles. The number of hydrogen-bond donors (Lipinski definition) is 0. The van der Waals surface area contributed by atoms with Gasteiger partial charge in [-0.25, -0.2) is 0 Å². The van der Waals surface area contributed by atoms with Crippen LogP contribution in [0.3, 0.4) is 0 Å². The molecule has 0 bridgehead atoms. The van der Waals surface area contributed by atoms with Crippen molar-refractivity contribution in [2.75, 3.05) is 0 Å². The maximum absolute atomic E-state index is 10.3. The van der Waals surface area contributed by atoms with Crippen LogP contribution in [0.25, 0.3) is 0 Å². The highest BCUT2D eigenvalue weighted by Gasteiger charge is 2.00. The Hall–Kier alpha value is -1.18. The Morgan fingerprint density at radius 3 is 2.60 bits per heavy atom. The lowest BCUT2D eigenvalue weighted by molar-refractivity contribution is -0.108. The summed E-state index contributed by atoms with van der Waals surface area (Å²) in [4.78, 5) is 14.1. The van der Waals surface area contributed by atoms with Gasteiger partial charge in [0.05, 0.1) is 0 Å². The summed E-state index contributed by atoms with van der Waals surface area (Å²) in [6.07, 6.45) is 4.31. The molecule has 10 heavy (non-hydrogen) atoms. The number of aromatic nitrogens is 1. The minimum Gasteiger partial charge on any atom is -0.303 e. The smallest absolute Gasteiger partial charge is 0.127 e. The highest BCUT2D eigenvalue weighted by molar-refractivity contribution is 5.60. The Labute approximate surface area is 59.9 Å². The molecule has 0 amide bonds. The average Bonchev–Trinajstić information content (AvgIpc) is 2.05. The van der Waals surface area contributed by atoms with Gasteiger partial charge in [-0.2, -0.15) is 0 Å². The van der Waals surface area contributed by atoms with E-state index in [-0.39, 0.29) is 5.92 Å². The maximum Gasteiger partial charge on any atom is 0.127 e. The summed E-state index contributed by atoms with van der Waals surface area (Å²) in [7, 11) is 0. The first-order valence-electron chi connectivity index (χ1n) is 3.20. The topological polar surface area (TPSA) is 30.0 Å². The molecular formula is C8H9NO. The molecule has 52 valence electrons. The Kier molecular flexibility index (Phi) is 2.15. The van der Waals surface area contributed by atoms with Crippen LogP contribution in [0.2, 0.25) is 0 Å². The molecule has 0 N–H and O–H groups in total. The summed E-state index contributed by atoms with van der Waals surface area (Å²) >= 11 is 0. The average molecular weight is 135 g/mol. The molecular weight excluding hydrogens is 126 g/mol. The zero-order valence-corrected chi connectivity index (χ0v) is 5.82. The van der Waals surface area contributed by atoms with E-state index in [1.807, 2.05) is 19.1 Å². The molecule has 1 heterocycles. The van der Waals surface area contributed by atoms with E-state index >= 15 is 0 Å². The van der Waals surface area contributed by atoms with Gasteiger partial charge >= 0.3 is 0 Å². The van der Waals surface area contributed by atoms with Crippen LogP contribution in [-0.4, -0.2) is 11.3 Å². The summed E-state index contributed by atoms with van der Waals surface area (Å²) in [6, 6.07) is 3.69. The van der Waals surface area contributed by atoms with E-state index in [0.717, 1.165) is 11.8 Å². The number of carbonyl (C=O) groups excluding carboxylic acids is 1. The number of carbonyl (C=O) groups is 1. The molecule has 1 rings (SSSR count). The molecule has 0 saturated carbocycles. The van der Waals surface area contributed by atoms with Gasteiger partial charge in [0, 0.05) is 18.3 Å². The molecule has 0 aliphatic carbocycles. The number of nitrogens with zero attached hydrogens (tertiary/aromatic N) is 1. The van der Waals surface area contributed by atoms with Crippen LogP contribution in [-0.2, 0) is 4.79 Å². The third-order valence-corrected chi connectivity index (χ3v) is 1.44. The van der Waals surface area contributed by atoms with Gasteiger partial charge in [-0.05, 0) is 17.7 Å². The lowest BCUT2D eigenvalue weighted by atomic mass is 10.1. The summed E-state index contributed by atoms with van der Waals surface area (Å²) in [5, 5.41) is 0. The molecule has 0 aliphatic rings. The van der Waals surface area contributed by atoms with E-state index in [9.17, 15) is 4.79 Å². The van der Waals surface area contributed by atoms with Gasteiger partial charge in [-0.1, -0.05) is 6.92 Å². The van der Waals surface area contributed by atoms with E-state index in [1.165, 1.54) is 0 Å². The fourth-order valence-corrected chi connectivity index (χ4v) is 0.746. The van der Waals surface area contributed by atoms with Crippen molar-refractivity contribution in [1.82, 2.24) is 4.98 Å². The largest absolute Gasteiger partial charge is 0.303 e. The van der Waals surface area contributed by atoms with Crippen molar-refractivity contribution in [3.63, 3.8) is 0 Å². The highest BCUT2D eigenvalue weighted by Crippen LogP contribution is 2.09. The molecule has 2 nitrogen and oxygen atoms in total. The predicted octanol–water partition coefficient (Wildman–Crippen LogP) is 1.38. The third kappa shape index (κ3) is 1.41. The van der Waals surface area contributed by atoms with Crippen molar-refractivity contribution in [3.8, 4) is 0 Å². The lowest BCUT2D eigenvalue weighted by Gasteiger charge is -2.00. The molecule has 0 aromatic carbocycles. The quantitative estimate of drug-likeness (QED) is 0.573. The maximum atomic E-state index is 10.3. The fraction of sp³-hybridized carbons (Fsp3) is 0.250. The molecule has 0 spiro atoms. The second kappa shape index (κ2) is 3.11. The standard InChI is InChI=1S/C8H9NO/c1-7(6-10)8-2-4-9-5-3-8/h2-7H,1H3. The van der Waals surface area contributed by atoms with E-state index in [1.54, 1.807) is 12.4 Å². The van der Waals surface area contributed by atoms with Crippen molar-refractivity contribution < 1.29 is 4.79 Å². The van der Waals surface area contributed by atoms with Crippen molar-refractivity contribution in [2.45, 2.75) is 12.8 Å². The van der Waals surface area contributed by atoms with Gasteiger partial charge in [0.2, 0.25) is 0 Å². The predicted molar refractivity (Wildman–Crippen MR) is 38.7 cm³/mol. The van der Waals surface area contributed by atoms with Crippen LogP contribution < -0.4 is 0 Å². The molecule has 1 atom stereocenters. The number of aldehydes is 1. The highest BCUT2D eigenvalue weighted by atomic mass is 16.1. The van der Waals surface area contributed by atoms with Gasteiger partial charge < -0.3 is 4.79 Å². The lowest BCUT2D eigenvalue weighted by Crippen LogP contribution is -1.93. The second-order valence-corrected chi connectivity index (χ2v) is 2.21. The van der Waals surface area contributed by atoms with Gasteiger partial charge in [-0.15, -0.1) is 0 Å². The summed E-state index contributed by atoms with van der Waals surface area (Å²) in [5.74, 6) is -0.0111. The van der Waals surface area contributed by atoms with Crippen molar-refractivity contribution in [3.05, 3.63) is 30.1 Å². The number of hydrogen-bond acceptors (Lipinski definition) is 2. The first-order valence-corrected chi connectivity index (χ1v) is 3.20. The first-order chi connectivity index (χ1) is 4.84. The van der Waals surface area contributed by atoms with Gasteiger partial charge in [-0.3, -0.25) is 4.98 Å². The normalized spacial score (nSPS) is 12.5. The van der Waals surface area contributed by atoms with E-state index < -0.39 is 0 Å². The zero-order chi connectivity index (χ0) is 7.40. The molecule has 1 unspecified atom stereocenters. The number of pyridine rings is 1. The van der Waals surface area contributed by atoms with E-state index in [0.29, 0.717) is 0 Å². The summed E-state index contributed by atoms with van der Waals surface area (Å²) in [6.45, 7) is 1.86. The van der Waals surface area contributed by atoms with Crippen molar-refractivity contribution >= 4 is 6.29 Å². The van der Waals surface area contributed by atoms with Gasteiger partial charge in [0.25, 0.3) is 0 Å². The summed E-state index contributed by atoms with van der Waals surface area (Å²) in [5.41, 5.74) is 1.02. The van der Waals surface area contributed by atoms with Crippen LogP contribution in [0.4, 0.5) is 0 Å². The molecule has 1 aromatic heterocycles. The number of rotatable bonds is 2. The van der Waals surface area contributed by atoms with Crippen molar-refractivity contribution in [2.24, 2.45) is 0 Å². The SMILES string of the molecule is CC(C=O)c1ccncc1. The molecule has 2 heteroatoms. The molecule has 1 aromatic rings. The zero-order valence-electron chi connectivity index (χ0n) is 5.82. The first kappa shape index (κ1) is 6.93.